The van der Waals surface area contributed by atoms with Crippen molar-refractivity contribution in [2.24, 2.45) is 5.92 Å². The molecule has 2 unspecified atom stereocenters. The third-order valence-corrected chi connectivity index (χ3v) is 7.31. The SMILES string of the molecule is Cc1ccc(NCc2ccc(OCC3CCC4CN(c5noc6ccccc56)CCN4C3)nc2)nc1. The molecule has 186 valence electrons. The Morgan fingerprint density at radius 1 is 1.00 bits per heavy atom. The quantitative estimate of drug-likeness (QED) is 0.410. The fourth-order valence-corrected chi connectivity index (χ4v) is 5.26. The maximum absolute atomic E-state index is 6.08. The first-order valence-electron chi connectivity index (χ1n) is 12.8. The second-order valence-corrected chi connectivity index (χ2v) is 9.93. The lowest BCUT2D eigenvalue weighted by Crippen LogP contribution is -2.57. The van der Waals surface area contributed by atoms with E-state index in [9.17, 15) is 0 Å². The van der Waals surface area contributed by atoms with Crippen LogP contribution in [0.4, 0.5) is 11.6 Å². The molecule has 0 spiro atoms. The highest BCUT2D eigenvalue weighted by molar-refractivity contribution is 5.88. The van der Waals surface area contributed by atoms with Crippen LogP contribution in [0.2, 0.25) is 0 Å². The zero-order valence-corrected chi connectivity index (χ0v) is 20.6. The van der Waals surface area contributed by atoms with Gasteiger partial charge in [0.15, 0.2) is 11.4 Å². The van der Waals surface area contributed by atoms with E-state index in [2.05, 4.69) is 48.4 Å². The van der Waals surface area contributed by atoms with Crippen molar-refractivity contribution in [1.82, 2.24) is 20.0 Å². The topological polar surface area (TPSA) is 79.5 Å². The van der Waals surface area contributed by atoms with Crippen LogP contribution in [0.1, 0.15) is 24.0 Å². The molecule has 4 aromatic rings. The highest BCUT2D eigenvalue weighted by atomic mass is 16.5. The van der Waals surface area contributed by atoms with Crippen molar-refractivity contribution in [3.63, 3.8) is 0 Å². The van der Waals surface area contributed by atoms with E-state index in [0.717, 1.165) is 59.9 Å². The molecule has 0 bridgehead atoms. The van der Waals surface area contributed by atoms with Crippen LogP contribution in [0.25, 0.3) is 11.0 Å². The van der Waals surface area contributed by atoms with Crippen LogP contribution in [0.3, 0.4) is 0 Å². The molecule has 0 saturated carbocycles. The summed E-state index contributed by atoms with van der Waals surface area (Å²) in [5, 5.41) is 8.80. The highest BCUT2D eigenvalue weighted by Gasteiger charge is 2.34. The van der Waals surface area contributed by atoms with Crippen LogP contribution in [-0.4, -0.2) is 58.9 Å². The molecule has 2 aliphatic rings. The molecule has 8 nitrogen and oxygen atoms in total. The molecule has 2 atom stereocenters. The number of nitrogens with one attached hydrogen (secondary N) is 1. The Labute approximate surface area is 211 Å². The Balaban J connectivity index is 0.974. The van der Waals surface area contributed by atoms with E-state index in [-0.39, 0.29) is 0 Å². The molecule has 2 aliphatic heterocycles. The predicted molar refractivity (Wildman–Crippen MR) is 140 cm³/mol. The summed E-state index contributed by atoms with van der Waals surface area (Å²) in [6, 6.07) is 16.7. The van der Waals surface area contributed by atoms with Gasteiger partial charge in [-0.1, -0.05) is 29.4 Å². The summed E-state index contributed by atoms with van der Waals surface area (Å²) in [5.41, 5.74) is 3.11. The van der Waals surface area contributed by atoms with Gasteiger partial charge in [0.1, 0.15) is 5.82 Å². The van der Waals surface area contributed by atoms with Crippen molar-refractivity contribution in [3.8, 4) is 5.88 Å². The first kappa shape index (κ1) is 22.8. The Bertz CT molecular complexity index is 1290. The molecule has 5 heterocycles. The number of rotatable bonds is 7. The number of fused-ring (bicyclic) bond motifs is 2. The zero-order chi connectivity index (χ0) is 24.3. The van der Waals surface area contributed by atoms with Gasteiger partial charge in [-0.15, -0.1) is 0 Å². The number of aryl methyl sites for hydroxylation is 1. The Morgan fingerprint density at radius 3 is 2.81 bits per heavy atom. The third-order valence-electron chi connectivity index (χ3n) is 7.31. The molecule has 36 heavy (non-hydrogen) atoms. The first-order chi connectivity index (χ1) is 17.7. The first-order valence-corrected chi connectivity index (χ1v) is 12.8. The third kappa shape index (κ3) is 4.99. The van der Waals surface area contributed by atoms with Crippen LogP contribution in [0.5, 0.6) is 5.88 Å². The summed E-state index contributed by atoms with van der Waals surface area (Å²) in [6.07, 6.45) is 6.08. The predicted octanol–water partition coefficient (Wildman–Crippen LogP) is 4.52. The summed E-state index contributed by atoms with van der Waals surface area (Å²) >= 11 is 0. The summed E-state index contributed by atoms with van der Waals surface area (Å²) in [6.45, 7) is 7.51. The van der Waals surface area contributed by atoms with Gasteiger partial charge >= 0.3 is 0 Å². The second kappa shape index (κ2) is 10.1. The van der Waals surface area contributed by atoms with Gasteiger partial charge in [-0.3, -0.25) is 4.90 Å². The maximum atomic E-state index is 6.08. The van der Waals surface area contributed by atoms with Gasteiger partial charge in [0.05, 0.1) is 12.0 Å². The molecular weight excluding hydrogens is 452 g/mol. The van der Waals surface area contributed by atoms with E-state index in [1.54, 1.807) is 0 Å². The van der Waals surface area contributed by atoms with E-state index < -0.39 is 0 Å². The molecule has 1 N–H and O–H groups in total. The molecule has 8 heteroatoms. The smallest absolute Gasteiger partial charge is 0.213 e. The minimum absolute atomic E-state index is 0.524. The molecule has 2 fully saturated rings. The number of nitrogens with zero attached hydrogens (tertiary/aromatic N) is 5. The summed E-state index contributed by atoms with van der Waals surface area (Å²) in [5.74, 6) is 3.07. The molecule has 0 amide bonds. The number of hydrogen-bond acceptors (Lipinski definition) is 8. The van der Waals surface area contributed by atoms with Crippen LogP contribution >= 0.6 is 0 Å². The molecule has 2 saturated heterocycles. The lowest BCUT2D eigenvalue weighted by molar-refractivity contribution is 0.0717. The fraction of sp³-hybridized carbons (Fsp3) is 0.393. The van der Waals surface area contributed by atoms with Crippen molar-refractivity contribution < 1.29 is 9.26 Å². The standard InChI is InChI=1S/C28H32N6O2/c1-20-6-10-26(29-14-20)30-15-21-8-11-27(31-16-21)35-19-22-7-9-23-18-34(13-12-33(23)17-22)28-24-4-2-3-5-25(24)36-32-28/h2-6,8,10-11,14,16,22-23H,7,9,12-13,15,17-19H2,1H3,(H,29,30). The minimum atomic E-state index is 0.524. The van der Waals surface area contributed by atoms with Crippen molar-refractivity contribution in [3.05, 3.63) is 72.1 Å². The van der Waals surface area contributed by atoms with E-state index in [1.165, 1.54) is 12.8 Å². The normalized spacial score (nSPS) is 20.3. The minimum Gasteiger partial charge on any atom is -0.477 e. The van der Waals surface area contributed by atoms with Crippen LogP contribution in [0, 0.1) is 12.8 Å². The lowest BCUT2D eigenvalue weighted by atomic mass is 9.91. The molecular formula is C28H32N6O2. The highest BCUT2D eigenvalue weighted by Crippen LogP contribution is 2.31. The number of ether oxygens (including phenoxy) is 1. The maximum Gasteiger partial charge on any atom is 0.213 e. The van der Waals surface area contributed by atoms with Gasteiger partial charge in [0, 0.05) is 63.1 Å². The molecule has 3 aromatic heterocycles. The van der Waals surface area contributed by atoms with Crippen molar-refractivity contribution in [2.75, 3.05) is 43.0 Å². The van der Waals surface area contributed by atoms with Crippen LogP contribution in [-0.2, 0) is 6.54 Å². The average molecular weight is 485 g/mol. The number of aromatic nitrogens is 3. The van der Waals surface area contributed by atoms with Crippen LogP contribution < -0.4 is 15.0 Å². The van der Waals surface area contributed by atoms with E-state index >= 15 is 0 Å². The summed E-state index contributed by atoms with van der Waals surface area (Å²) in [7, 11) is 0. The van der Waals surface area contributed by atoms with E-state index in [0.29, 0.717) is 31.0 Å². The number of piperidine rings is 1. The Morgan fingerprint density at radius 2 is 1.94 bits per heavy atom. The molecule has 0 radical (unpaired) electrons. The van der Waals surface area contributed by atoms with Crippen molar-refractivity contribution in [2.45, 2.75) is 32.4 Å². The monoisotopic (exact) mass is 484 g/mol. The van der Waals surface area contributed by atoms with Gasteiger partial charge < -0.3 is 19.5 Å². The van der Waals surface area contributed by atoms with Crippen molar-refractivity contribution in [1.29, 1.82) is 0 Å². The van der Waals surface area contributed by atoms with Gasteiger partial charge in [0.25, 0.3) is 0 Å². The fourth-order valence-electron chi connectivity index (χ4n) is 5.26. The van der Waals surface area contributed by atoms with Gasteiger partial charge in [0.2, 0.25) is 5.88 Å². The summed E-state index contributed by atoms with van der Waals surface area (Å²) in [4.78, 5) is 13.9. The number of pyridine rings is 2. The van der Waals surface area contributed by atoms with Gasteiger partial charge in [-0.2, -0.15) is 0 Å². The van der Waals surface area contributed by atoms with Gasteiger partial charge in [-0.05, 0) is 49.1 Å². The molecule has 0 aliphatic carbocycles. The average Bonchev–Trinajstić information content (AvgIpc) is 3.36. The number of anilines is 2. The van der Waals surface area contributed by atoms with Crippen molar-refractivity contribution >= 4 is 22.6 Å². The number of para-hydroxylation sites is 1. The Kier molecular flexibility index (Phi) is 6.42. The lowest BCUT2D eigenvalue weighted by Gasteiger charge is -2.46. The number of hydrogen-bond donors (Lipinski definition) is 1. The van der Waals surface area contributed by atoms with E-state index in [1.807, 2.05) is 49.6 Å². The summed E-state index contributed by atoms with van der Waals surface area (Å²) < 4.78 is 11.6. The largest absolute Gasteiger partial charge is 0.477 e. The zero-order valence-electron chi connectivity index (χ0n) is 20.6. The number of piperazine rings is 1. The molecule has 6 rings (SSSR count). The molecule has 1 aromatic carbocycles. The number of benzene rings is 1. The van der Waals surface area contributed by atoms with Gasteiger partial charge in [-0.25, -0.2) is 9.97 Å². The second-order valence-electron chi connectivity index (χ2n) is 9.93. The Hall–Kier alpha value is -3.65. The van der Waals surface area contributed by atoms with E-state index in [4.69, 9.17) is 9.26 Å². The van der Waals surface area contributed by atoms with Crippen LogP contribution in [0.15, 0.2) is 65.4 Å².